The van der Waals surface area contributed by atoms with Crippen LogP contribution in [-0.4, -0.2) is 9.97 Å². The van der Waals surface area contributed by atoms with Crippen molar-refractivity contribution in [3.8, 4) is 11.3 Å². The standard InChI is InChI=1S/C48H34N2/c1-3-11-33-25-37(19-17-31(33)9-1)47-41-14-6-7-15-42(41)48(38-20-18-32-10-2-4-12-34(32)26-38)44-28-35(21-23-43(44)47)39-22-24-46(49-29-39)40-27-36-13-5-8-16-45(36)50-30-40/h1-2,4-10,12-30,43,47H,3,11H2. The van der Waals surface area contributed by atoms with Crippen molar-refractivity contribution >= 4 is 38.9 Å². The van der Waals surface area contributed by atoms with E-state index in [1.807, 2.05) is 24.5 Å². The number of rotatable bonds is 4. The lowest BCUT2D eigenvalue weighted by Gasteiger charge is -2.38. The largest absolute Gasteiger partial charge is 0.256 e. The molecule has 2 nitrogen and oxygen atoms in total. The molecule has 0 N–H and O–H groups in total. The third-order valence-corrected chi connectivity index (χ3v) is 10.8. The van der Waals surface area contributed by atoms with Gasteiger partial charge in [0, 0.05) is 40.7 Å². The fraction of sp³-hybridized carbons (Fsp3) is 0.0833. The minimum Gasteiger partial charge on any atom is -0.256 e. The number of aryl methyl sites for hydroxylation is 1. The van der Waals surface area contributed by atoms with Crippen molar-refractivity contribution < 1.29 is 0 Å². The molecule has 2 heterocycles. The second kappa shape index (κ2) is 11.8. The minimum absolute atomic E-state index is 0.197. The van der Waals surface area contributed by atoms with E-state index >= 15 is 0 Å². The second-order valence-corrected chi connectivity index (χ2v) is 13.7. The van der Waals surface area contributed by atoms with E-state index in [-0.39, 0.29) is 11.8 Å². The van der Waals surface area contributed by atoms with Gasteiger partial charge in [0.25, 0.3) is 0 Å². The van der Waals surface area contributed by atoms with Gasteiger partial charge in [-0.2, -0.15) is 0 Å². The van der Waals surface area contributed by atoms with Crippen LogP contribution in [0.25, 0.3) is 50.2 Å². The molecule has 0 bridgehead atoms. The van der Waals surface area contributed by atoms with E-state index in [1.165, 1.54) is 60.9 Å². The maximum Gasteiger partial charge on any atom is 0.0718 e. The fourth-order valence-electron chi connectivity index (χ4n) is 8.32. The maximum absolute atomic E-state index is 4.95. The van der Waals surface area contributed by atoms with E-state index in [4.69, 9.17) is 4.98 Å². The van der Waals surface area contributed by atoms with Gasteiger partial charge in [0.15, 0.2) is 0 Å². The predicted molar refractivity (Wildman–Crippen MR) is 208 cm³/mol. The van der Waals surface area contributed by atoms with Gasteiger partial charge in [-0.25, -0.2) is 0 Å². The van der Waals surface area contributed by atoms with Crippen LogP contribution in [0.3, 0.4) is 0 Å². The summed E-state index contributed by atoms with van der Waals surface area (Å²) in [5.41, 5.74) is 16.1. The Hall–Kier alpha value is -6.12. The SMILES string of the molecule is C1=Cc2ccc(C3c4ccccc4C(c4ccc5ccccc5c4)=C4C=C(c5ccc(-c6cnc7ccccc7c6)nc5)C=CC43)cc2CC1. The van der Waals surface area contributed by atoms with Crippen molar-refractivity contribution in [2.45, 2.75) is 18.8 Å². The molecule has 0 saturated heterocycles. The molecule has 7 aromatic rings. The number of hydrogen-bond donors (Lipinski definition) is 0. The normalized spacial score (nSPS) is 17.7. The van der Waals surface area contributed by atoms with E-state index in [0.717, 1.165) is 40.6 Å². The Morgan fingerprint density at radius 2 is 1.40 bits per heavy atom. The predicted octanol–water partition coefficient (Wildman–Crippen LogP) is 11.6. The molecule has 0 aliphatic heterocycles. The molecule has 0 amide bonds. The summed E-state index contributed by atoms with van der Waals surface area (Å²) in [4.78, 5) is 9.62. The van der Waals surface area contributed by atoms with E-state index in [1.54, 1.807) is 0 Å². The van der Waals surface area contributed by atoms with Crippen molar-refractivity contribution in [2.24, 2.45) is 5.92 Å². The summed E-state index contributed by atoms with van der Waals surface area (Å²) < 4.78 is 0. The zero-order valence-electron chi connectivity index (χ0n) is 27.6. The number of para-hydroxylation sites is 1. The Labute approximate surface area is 292 Å². The van der Waals surface area contributed by atoms with Crippen LogP contribution < -0.4 is 0 Å². The van der Waals surface area contributed by atoms with Crippen molar-refractivity contribution in [2.75, 3.05) is 0 Å². The van der Waals surface area contributed by atoms with Crippen LogP contribution in [0.15, 0.2) is 170 Å². The first-order valence-electron chi connectivity index (χ1n) is 17.6. The highest BCUT2D eigenvalue weighted by Gasteiger charge is 2.36. The van der Waals surface area contributed by atoms with Crippen molar-refractivity contribution in [1.82, 2.24) is 9.97 Å². The van der Waals surface area contributed by atoms with Crippen molar-refractivity contribution in [1.29, 1.82) is 0 Å². The lowest BCUT2D eigenvalue weighted by molar-refractivity contribution is 0.648. The maximum atomic E-state index is 4.95. The topological polar surface area (TPSA) is 25.8 Å². The molecule has 0 saturated carbocycles. The average molecular weight is 639 g/mol. The quantitative estimate of drug-likeness (QED) is 0.192. The molecule has 236 valence electrons. The van der Waals surface area contributed by atoms with Crippen molar-refractivity contribution in [3.05, 3.63) is 209 Å². The van der Waals surface area contributed by atoms with Gasteiger partial charge in [-0.1, -0.05) is 127 Å². The summed E-state index contributed by atoms with van der Waals surface area (Å²) in [6.07, 6.45) is 17.9. The molecule has 10 rings (SSSR count). The van der Waals surface area contributed by atoms with E-state index in [9.17, 15) is 0 Å². The summed E-state index contributed by atoms with van der Waals surface area (Å²) in [5, 5.41) is 3.64. The first-order valence-corrected chi connectivity index (χ1v) is 17.6. The lowest BCUT2D eigenvalue weighted by Crippen LogP contribution is -2.23. The van der Waals surface area contributed by atoms with Crippen LogP contribution in [-0.2, 0) is 6.42 Å². The fourth-order valence-corrected chi connectivity index (χ4v) is 8.32. The highest BCUT2D eigenvalue weighted by molar-refractivity contribution is 5.95. The Balaban J connectivity index is 1.12. The zero-order valence-corrected chi connectivity index (χ0v) is 27.6. The Bertz CT molecular complexity index is 2600. The summed E-state index contributed by atoms with van der Waals surface area (Å²) in [6, 6.07) is 46.6. The van der Waals surface area contributed by atoms with E-state index < -0.39 is 0 Å². The van der Waals surface area contributed by atoms with Gasteiger partial charge in [-0.15, -0.1) is 0 Å². The van der Waals surface area contributed by atoms with Crippen LogP contribution in [0.1, 0.15) is 51.3 Å². The number of nitrogens with zero attached hydrogens (tertiary/aromatic N) is 2. The smallest absolute Gasteiger partial charge is 0.0718 e. The molecule has 50 heavy (non-hydrogen) atoms. The minimum atomic E-state index is 0.197. The molecule has 2 heteroatoms. The van der Waals surface area contributed by atoms with Crippen LogP contribution in [0.2, 0.25) is 0 Å². The van der Waals surface area contributed by atoms with Crippen LogP contribution >= 0.6 is 0 Å². The lowest BCUT2D eigenvalue weighted by atomic mass is 9.65. The number of allylic oxidation sites excluding steroid dienone is 6. The van der Waals surface area contributed by atoms with Gasteiger partial charge < -0.3 is 0 Å². The molecule has 5 aromatic carbocycles. The van der Waals surface area contributed by atoms with E-state index in [0.29, 0.717) is 0 Å². The van der Waals surface area contributed by atoms with E-state index in [2.05, 4.69) is 151 Å². The molecule has 0 spiro atoms. The highest BCUT2D eigenvalue weighted by Crippen LogP contribution is 2.51. The average Bonchev–Trinajstić information content (AvgIpc) is 3.19. The molecule has 2 atom stereocenters. The van der Waals surface area contributed by atoms with Crippen LogP contribution in [0.4, 0.5) is 0 Å². The van der Waals surface area contributed by atoms with Crippen LogP contribution in [0.5, 0.6) is 0 Å². The number of benzene rings is 5. The summed E-state index contributed by atoms with van der Waals surface area (Å²) in [6.45, 7) is 0. The van der Waals surface area contributed by atoms with Gasteiger partial charge in [0.05, 0.1) is 11.2 Å². The first-order chi connectivity index (χ1) is 24.8. The molecular formula is C48H34N2. The third-order valence-electron chi connectivity index (χ3n) is 10.8. The molecule has 2 aromatic heterocycles. The molecular weight excluding hydrogens is 605 g/mol. The zero-order chi connectivity index (χ0) is 33.0. The number of aromatic nitrogens is 2. The Morgan fingerprint density at radius 3 is 2.32 bits per heavy atom. The van der Waals surface area contributed by atoms with Gasteiger partial charge in [-0.05, 0) is 104 Å². The van der Waals surface area contributed by atoms with Crippen molar-refractivity contribution in [3.63, 3.8) is 0 Å². The van der Waals surface area contributed by atoms with Gasteiger partial charge in [-0.3, -0.25) is 9.97 Å². The van der Waals surface area contributed by atoms with Gasteiger partial charge in [0.2, 0.25) is 0 Å². The Kier molecular flexibility index (Phi) is 6.80. The second-order valence-electron chi connectivity index (χ2n) is 13.7. The summed E-state index contributed by atoms with van der Waals surface area (Å²) in [7, 11) is 0. The molecule has 0 radical (unpaired) electrons. The monoisotopic (exact) mass is 638 g/mol. The molecule has 0 fully saturated rings. The van der Waals surface area contributed by atoms with Crippen LogP contribution in [0, 0.1) is 5.92 Å². The Morgan fingerprint density at radius 1 is 0.600 bits per heavy atom. The molecule has 3 aliphatic carbocycles. The third kappa shape index (κ3) is 4.87. The summed E-state index contributed by atoms with van der Waals surface area (Å²) in [5.74, 6) is 0.416. The van der Waals surface area contributed by atoms with Gasteiger partial charge in [0.1, 0.15) is 0 Å². The molecule has 2 unspecified atom stereocenters. The summed E-state index contributed by atoms with van der Waals surface area (Å²) >= 11 is 0. The number of hydrogen-bond acceptors (Lipinski definition) is 2. The highest BCUT2D eigenvalue weighted by atomic mass is 14.7. The number of fused-ring (bicyclic) bond motifs is 5. The molecule has 3 aliphatic rings. The first kappa shape index (κ1) is 28.9. The van der Waals surface area contributed by atoms with Gasteiger partial charge >= 0.3 is 0 Å². The number of pyridine rings is 2.